The zero-order valence-corrected chi connectivity index (χ0v) is 9.54. The Balaban J connectivity index is 3.12. The van der Waals surface area contributed by atoms with Crippen molar-refractivity contribution in [2.45, 2.75) is 38.0 Å². The van der Waals surface area contributed by atoms with Crippen molar-refractivity contribution in [1.29, 1.82) is 0 Å². The second-order valence-corrected chi connectivity index (χ2v) is 6.24. The number of amides is 1. The van der Waals surface area contributed by atoms with Gasteiger partial charge in [0.2, 0.25) is 0 Å². The highest BCUT2D eigenvalue weighted by molar-refractivity contribution is 7.94. The number of carbonyl (C=O) groups is 2. The first kappa shape index (κ1) is 12.0. The predicted molar refractivity (Wildman–Crippen MR) is 51.6 cm³/mol. The van der Waals surface area contributed by atoms with Crippen molar-refractivity contribution >= 4 is 21.9 Å². The second-order valence-electron chi connectivity index (χ2n) is 3.88. The molecular formula is C8H13NO5S. The fourth-order valence-corrected chi connectivity index (χ4v) is 3.14. The number of carboxylic acid groups (broad SMARTS) is 1. The van der Waals surface area contributed by atoms with Crippen LogP contribution in [-0.2, 0) is 19.6 Å². The highest BCUT2D eigenvalue weighted by atomic mass is 32.2. The quantitative estimate of drug-likeness (QED) is 0.731. The fraction of sp³-hybridized carbons (Fsp3) is 0.750. The number of sulfonamides is 1. The van der Waals surface area contributed by atoms with E-state index < -0.39 is 32.7 Å². The van der Waals surface area contributed by atoms with E-state index in [1.54, 1.807) is 0 Å². The highest BCUT2D eigenvalue weighted by Gasteiger charge is 2.63. The summed E-state index contributed by atoms with van der Waals surface area (Å²) in [6.45, 7) is 4.07. The third-order valence-electron chi connectivity index (χ3n) is 2.57. The van der Waals surface area contributed by atoms with Gasteiger partial charge in [-0.05, 0) is 20.3 Å². The lowest BCUT2D eigenvalue weighted by molar-refractivity contribution is -0.148. The van der Waals surface area contributed by atoms with Gasteiger partial charge in [0.15, 0.2) is 4.75 Å². The number of carbonyl (C=O) groups excluding carboxylic acids is 1. The lowest BCUT2D eigenvalue weighted by atomic mass is 10.1. The van der Waals surface area contributed by atoms with Crippen molar-refractivity contribution in [2.24, 2.45) is 0 Å². The van der Waals surface area contributed by atoms with Crippen LogP contribution in [0.15, 0.2) is 0 Å². The molecule has 0 spiro atoms. The van der Waals surface area contributed by atoms with Crippen LogP contribution in [0.2, 0.25) is 0 Å². The molecule has 0 bridgehead atoms. The van der Waals surface area contributed by atoms with Gasteiger partial charge in [0, 0.05) is 0 Å². The van der Waals surface area contributed by atoms with Crippen molar-refractivity contribution in [3.8, 4) is 0 Å². The molecule has 0 aromatic rings. The molecule has 1 aliphatic rings. The Morgan fingerprint density at radius 1 is 1.53 bits per heavy atom. The first-order chi connectivity index (χ1) is 6.67. The van der Waals surface area contributed by atoms with Crippen molar-refractivity contribution in [3.05, 3.63) is 0 Å². The van der Waals surface area contributed by atoms with Gasteiger partial charge in [-0.2, -0.15) is 0 Å². The summed E-state index contributed by atoms with van der Waals surface area (Å²) in [7, 11) is -3.80. The first-order valence-electron chi connectivity index (χ1n) is 4.49. The van der Waals surface area contributed by atoms with E-state index in [1.165, 1.54) is 20.8 Å². The van der Waals surface area contributed by atoms with Crippen LogP contribution in [0.1, 0.15) is 27.2 Å². The van der Waals surface area contributed by atoms with Crippen LogP contribution in [0.5, 0.6) is 0 Å². The average molecular weight is 235 g/mol. The van der Waals surface area contributed by atoms with Gasteiger partial charge in [0.05, 0.1) is 0 Å². The zero-order chi connectivity index (χ0) is 12.0. The number of nitrogens with zero attached hydrogens (tertiary/aromatic N) is 1. The maximum absolute atomic E-state index is 11.6. The van der Waals surface area contributed by atoms with Gasteiger partial charge in [-0.25, -0.2) is 17.5 Å². The molecule has 1 amide bonds. The van der Waals surface area contributed by atoms with E-state index in [0.29, 0.717) is 4.31 Å². The molecule has 0 radical (unpaired) electrons. The van der Waals surface area contributed by atoms with Crippen molar-refractivity contribution < 1.29 is 23.1 Å². The SMILES string of the molecule is CCC(C(=O)O)N1C(=O)C(C)(C)S1(=O)=O. The van der Waals surface area contributed by atoms with E-state index in [1.807, 2.05) is 0 Å². The Morgan fingerprint density at radius 3 is 2.27 bits per heavy atom. The second kappa shape index (κ2) is 3.19. The van der Waals surface area contributed by atoms with E-state index in [0.717, 1.165) is 0 Å². The van der Waals surface area contributed by atoms with E-state index in [4.69, 9.17) is 5.11 Å². The summed E-state index contributed by atoms with van der Waals surface area (Å²) in [6, 6.07) is -1.28. The Bertz CT molecular complexity index is 411. The third kappa shape index (κ3) is 1.33. The molecule has 1 aliphatic heterocycles. The Morgan fingerprint density at radius 2 is 2.00 bits per heavy atom. The molecular weight excluding hydrogens is 222 g/mol. The topological polar surface area (TPSA) is 91.8 Å². The predicted octanol–water partition coefficient (Wildman–Crippen LogP) is -0.200. The first-order valence-corrected chi connectivity index (χ1v) is 5.93. The molecule has 6 nitrogen and oxygen atoms in total. The van der Waals surface area contributed by atoms with Crippen molar-refractivity contribution in [1.82, 2.24) is 4.31 Å². The van der Waals surface area contributed by atoms with Gasteiger partial charge in [-0.1, -0.05) is 6.92 Å². The summed E-state index contributed by atoms with van der Waals surface area (Å²) in [5.74, 6) is -1.96. The standard InChI is InChI=1S/C8H13NO5S/c1-4-5(6(10)11)9-7(12)8(2,3)15(9,13)14/h5H,4H2,1-3H3,(H,10,11). The fourth-order valence-electron chi connectivity index (χ4n) is 1.44. The molecule has 1 heterocycles. The van der Waals surface area contributed by atoms with Crippen LogP contribution in [0, 0.1) is 0 Å². The number of hydrogen-bond acceptors (Lipinski definition) is 4. The summed E-state index contributed by atoms with van der Waals surface area (Å²) in [4.78, 5) is 22.2. The normalized spacial score (nSPS) is 24.5. The van der Waals surface area contributed by atoms with Gasteiger partial charge in [0.25, 0.3) is 15.9 Å². The Kier molecular flexibility index (Phi) is 2.55. The molecule has 1 N–H and O–H groups in total. The van der Waals surface area contributed by atoms with E-state index in [2.05, 4.69) is 0 Å². The van der Waals surface area contributed by atoms with Crippen LogP contribution in [-0.4, -0.2) is 40.5 Å². The zero-order valence-electron chi connectivity index (χ0n) is 8.72. The van der Waals surface area contributed by atoms with Crippen LogP contribution >= 0.6 is 0 Å². The molecule has 86 valence electrons. The smallest absolute Gasteiger partial charge is 0.327 e. The maximum atomic E-state index is 11.6. The lowest BCUT2D eigenvalue weighted by Crippen LogP contribution is -2.71. The molecule has 7 heteroatoms. The largest absolute Gasteiger partial charge is 0.480 e. The van der Waals surface area contributed by atoms with E-state index >= 15 is 0 Å². The van der Waals surface area contributed by atoms with Crippen LogP contribution < -0.4 is 0 Å². The third-order valence-corrected chi connectivity index (χ3v) is 4.98. The highest BCUT2D eigenvalue weighted by Crippen LogP contribution is 2.37. The molecule has 1 atom stereocenters. The Hall–Kier alpha value is -1.11. The number of carboxylic acids is 1. The van der Waals surface area contributed by atoms with E-state index in [-0.39, 0.29) is 6.42 Å². The minimum atomic E-state index is -3.80. The van der Waals surface area contributed by atoms with Gasteiger partial charge >= 0.3 is 5.97 Å². The van der Waals surface area contributed by atoms with Crippen LogP contribution in [0.25, 0.3) is 0 Å². The number of aliphatic carboxylic acids is 1. The maximum Gasteiger partial charge on any atom is 0.327 e. The monoisotopic (exact) mass is 235 g/mol. The van der Waals surface area contributed by atoms with Gasteiger partial charge in [-0.15, -0.1) is 0 Å². The minimum Gasteiger partial charge on any atom is -0.480 e. The molecule has 0 aromatic carbocycles. The molecule has 0 saturated carbocycles. The molecule has 0 aliphatic carbocycles. The summed E-state index contributed by atoms with van der Waals surface area (Å²) < 4.78 is 22.2. The average Bonchev–Trinajstić information content (AvgIpc) is 2.11. The molecule has 1 fully saturated rings. The summed E-state index contributed by atoms with van der Waals surface area (Å²) in [6.07, 6.45) is 0.0659. The Labute approximate surface area is 87.9 Å². The van der Waals surface area contributed by atoms with Gasteiger partial charge < -0.3 is 5.11 Å². The molecule has 1 rings (SSSR count). The van der Waals surface area contributed by atoms with Crippen molar-refractivity contribution in [3.63, 3.8) is 0 Å². The van der Waals surface area contributed by atoms with Gasteiger partial charge in [-0.3, -0.25) is 4.79 Å². The van der Waals surface area contributed by atoms with Crippen LogP contribution in [0.3, 0.4) is 0 Å². The van der Waals surface area contributed by atoms with Crippen LogP contribution in [0.4, 0.5) is 0 Å². The summed E-state index contributed by atoms with van der Waals surface area (Å²) in [5, 5.41) is 8.77. The summed E-state index contributed by atoms with van der Waals surface area (Å²) in [5.41, 5.74) is 0. The number of rotatable bonds is 3. The molecule has 0 aromatic heterocycles. The minimum absolute atomic E-state index is 0.0659. The molecule has 1 saturated heterocycles. The molecule has 1 unspecified atom stereocenters. The molecule has 15 heavy (non-hydrogen) atoms. The van der Waals surface area contributed by atoms with E-state index in [9.17, 15) is 18.0 Å². The lowest BCUT2D eigenvalue weighted by Gasteiger charge is -2.45. The van der Waals surface area contributed by atoms with Gasteiger partial charge in [0.1, 0.15) is 6.04 Å². The number of hydrogen-bond donors (Lipinski definition) is 1. The van der Waals surface area contributed by atoms with Crippen molar-refractivity contribution in [2.75, 3.05) is 0 Å². The summed E-state index contributed by atoms with van der Waals surface area (Å²) >= 11 is 0.